The maximum Gasteiger partial charge on any atom is 0.329 e. The van der Waals surface area contributed by atoms with Gasteiger partial charge in [-0.1, -0.05) is 51.6 Å². The molecule has 1 rings (SSSR count). The SMILES string of the molecule is C#CC(CC)(CC)NC(=O)COC(=O)C(NC(=O)c1ccc(Cl)cc1)C(C)CC. The van der Waals surface area contributed by atoms with Gasteiger partial charge in [0.15, 0.2) is 6.61 Å². The van der Waals surface area contributed by atoms with Crippen molar-refractivity contribution in [3.05, 3.63) is 34.9 Å². The van der Waals surface area contributed by atoms with Gasteiger partial charge in [0.2, 0.25) is 0 Å². The van der Waals surface area contributed by atoms with E-state index in [1.165, 1.54) is 0 Å². The Morgan fingerprint density at radius 1 is 1.17 bits per heavy atom. The first-order valence-electron chi connectivity index (χ1n) is 9.73. The van der Waals surface area contributed by atoms with E-state index < -0.39 is 36.0 Å². The lowest BCUT2D eigenvalue weighted by molar-refractivity contribution is -0.152. The van der Waals surface area contributed by atoms with Crippen LogP contribution in [-0.4, -0.2) is 36.0 Å². The van der Waals surface area contributed by atoms with Crippen LogP contribution in [0.4, 0.5) is 0 Å². The molecule has 2 N–H and O–H groups in total. The van der Waals surface area contributed by atoms with Gasteiger partial charge in [0.1, 0.15) is 11.6 Å². The number of carbonyl (C=O) groups is 3. The molecule has 0 spiro atoms. The molecule has 2 unspecified atom stereocenters. The highest BCUT2D eigenvalue weighted by atomic mass is 35.5. The van der Waals surface area contributed by atoms with E-state index in [2.05, 4.69) is 16.6 Å². The van der Waals surface area contributed by atoms with Crippen molar-refractivity contribution >= 4 is 29.4 Å². The minimum absolute atomic E-state index is 0.183. The van der Waals surface area contributed by atoms with E-state index >= 15 is 0 Å². The van der Waals surface area contributed by atoms with E-state index in [0.29, 0.717) is 29.8 Å². The van der Waals surface area contributed by atoms with Gasteiger partial charge in [0, 0.05) is 10.6 Å². The van der Waals surface area contributed by atoms with Crippen molar-refractivity contribution in [2.45, 2.75) is 58.5 Å². The molecule has 0 aliphatic carbocycles. The third kappa shape index (κ3) is 7.10. The number of hydrogen-bond donors (Lipinski definition) is 2. The van der Waals surface area contributed by atoms with Gasteiger partial charge >= 0.3 is 5.97 Å². The smallest absolute Gasteiger partial charge is 0.329 e. The van der Waals surface area contributed by atoms with Gasteiger partial charge in [-0.25, -0.2) is 4.79 Å². The van der Waals surface area contributed by atoms with Crippen molar-refractivity contribution in [2.75, 3.05) is 6.61 Å². The van der Waals surface area contributed by atoms with E-state index in [9.17, 15) is 14.4 Å². The Hall–Kier alpha value is -2.52. The highest BCUT2D eigenvalue weighted by molar-refractivity contribution is 6.30. The lowest BCUT2D eigenvalue weighted by Gasteiger charge is -2.27. The predicted octanol–water partition coefficient (Wildman–Crippen LogP) is 3.34. The van der Waals surface area contributed by atoms with E-state index in [0.717, 1.165) is 0 Å². The average molecular weight is 421 g/mol. The molecule has 0 bridgehead atoms. The number of hydrogen-bond acceptors (Lipinski definition) is 4. The molecule has 7 heteroatoms. The minimum Gasteiger partial charge on any atom is -0.454 e. The summed E-state index contributed by atoms with van der Waals surface area (Å²) in [5.41, 5.74) is -0.388. The summed E-state index contributed by atoms with van der Waals surface area (Å²) in [6.45, 7) is 7.01. The summed E-state index contributed by atoms with van der Waals surface area (Å²) >= 11 is 5.84. The van der Waals surface area contributed by atoms with Gasteiger partial charge in [0.25, 0.3) is 11.8 Å². The number of rotatable bonds is 10. The van der Waals surface area contributed by atoms with E-state index in [1.54, 1.807) is 24.3 Å². The molecular weight excluding hydrogens is 392 g/mol. The molecule has 1 aromatic rings. The topological polar surface area (TPSA) is 84.5 Å². The molecule has 0 saturated heterocycles. The normalized spacial score (nSPS) is 13.0. The van der Waals surface area contributed by atoms with Crippen molar-refractivity contribution < 1.29 is 19.1 Å². The Morgan fingerprint density at radius 2 is 1.76 bits per heavy atom. The zero-order chi connectivity index (χ0) is 22.0. The molecular formula is C22H29ClN2O4. The Balaban J connectivity index is 2.77. The third-order valence-electron chi connectivity index (χ3n) is 5.07. The quantitative estimate of drug-likeness (QED) is 0.449. The van der Waals surface area contributed by atoms with Gasteiger partial charge in [-0.3, -0.25) is 9.59 Å². The number of ether oxygens (including phenoxy) is 1. The van der Waals surface area contributed by atoms with Crippen molar-refractivity contribution in [2.24, 2.45) is 5.92 Å². The fourth-order valence-electron chi connectivity index (χ4n) is 2.69. The molecule has 0 radical (unpaired) electrons. The third-order valence-corrected chi connectivity index (χ3v) is 5.32. The van der Waals surface area contributed by atoms with Crippen LogP contribution in [0.3, 0.4) is 0 Å². The van der Waals surface area contributed by atoms with Crippen LogP contribution in [-0.2, 0) is 14.3 Å². The van der Waals surface area contributed by atoms with Crippen molar-refractivity contribution in [3.63, 3.8) is 0 Å². The summed E-state index contributed by atoms with van der Waals surface area (Å²) in [6.07, 6.45) is 7.29. The van der Waals surface area contributed by atoms with Crippen molar-refractivity contribution in [1.82, 2.24) is 10.6 Å². The molecule has 0 aromatic heterocycles. The summed E-state index contributed by atoms with van der Waals surface area (Å²) in [7, 11) is 0. The highest BCUT2D eigenvalue weighted by Gasteiger charge is 2.30. The monoisotopic (exact) mass is 420 g/mol. The van der Waals surface area contributed by atoms with Crippen LogP contribution >= 0.6 is 11.6 Å². The van der Waals surface area contributed by atoms with Crippen LogP contribution in [0.25, 0.3) is 0 Å². The zero-order valence-electron chi connectivity index (χ0n) is 17.4. The Labute approximate surface area is 177 Å². The summed E-state index contributed by atoms with van der Waals surface area (Å²) < 4.78 is 5.17. The van der Waals surface area contributed by atoms with Crippen LogP contribution < -0.4 is 10.6 Å². The molecule has 2 amide bonds. The van der Waals surface area contributed by atoms with Crippen molar-refractivity contribution in [1.29, 1.82) is 0 Å². The largest absolute Gasteiger partial charge is 0.454 e. The fourth-order valence-corrected chi connectivity index (χ4v) is 2.82. The molecule has 0 heterocycles. The molecule has 0 fully saturated rings. The first kappa shape index (κ1) is 24.5. The summed E-state index contributed by atoms with van der Waals surface area (Å²) in [5, 5.41) is 5.93. The maximum absolute atomic E-state index is 12.6. The number of terminal acetylenes is 1. The van der Waals surface area contributed by atoms with Gasteiger partial charge in [-0.2, -0.15) is 0 Å². The second-order valence-corrected chi connectivity index (χ2v) is 7.37. The molecule has 1 aromatic carbocycles. The number of halogens is 1. The molecule has 0 aliphatic rings. The summed E-state index contributed by atoms with van der Waals surface area (Å²) in [5.74, 6) is 0.841. The van der Waals surface area contributed by atoms with E-state index in [-0.39, 0.29) is 5.92 Å². The Morgan fingerprint density at radius 3 is 2.24 bits per heavy atom. The zero-order valence-corrected chi connectivity index (χ0v) is 18.1. The lowest BCUT2D eigenvalue weighted by atomic mass is 9.94. The number of esters is 1. The molecule has 2 atom stereocenters. The minimum atomic E-state index is -0.884. The van der Waals surface area contributed by atoms with Gasteiger partial charge in [-0.05, 0) is 43.0 Å². The molecule has 0 aliphatic heterocycles. The number of amides is 2. The van der Waals surface area contributed by atoms with Crippen LogP contribution in [0.2, 0.25) is 5.02 Å². The number of nitrogens with one attached hydrogen (secondary N) is 2. The predicted molar refractivity (Wildman–Crippen MR) is 113 cm³/mol. The standard InChI is InChI=1S/C22H29ClN2O4/c1-6-15(5)19(24-20(27)16-10-12-17(23)13-11-16)21(28)29-14-18(26)25-22(7-2,8-3)9-4/h2,10-13,15,19H,6,8-9,14H2,1,3-5H3,(H,24,27)(H,25,26). The number of benzene rings is 1. The average Bonchev–Trinajstić information content (AvgIpc) is 2.74. The maximum atomic E-state index is 12.6. The van der Waals surface area contributed by atoms with Crippen LogP contribution in [0.15, 0.2) is 24.3 Å². The molecule has 29 heavy (non-hydrogen) atoms. The van der Waals surface area contributed by atoms with Gasteiger partial charge < -0.3 is 15.4 Å². The van der Waals surface area contributed by atoms with Gasteiger partial charge in [0.05, 0.1) is 0 Å². The second kappa shape index (κ2) is 11.5. The van der Waals surface area contributed by atoms with Crippen LogP contribution in [0.5, 0.6) is 0 Å². The highest BCUT2D eigenvalue weighted by Crippen LogP contribution is 2.15. The van der Waals surface area contributed by atoms with Crippen LogP contribution in [0, 0.1) is 18.3 Å². The number of carbonyl (C=O) groups excluding carboxylic acids is 3. The first-order chi connectivity index (χ1) is 13.7. The first-order valence-corrected chi connectivity index (χ1v) is 10.1. The van der Waals surface area contributed by atoms with Crippen molar-refractivity contribution in [3.8, 4) is 12.3 Å². The summed E-state index contributed by atoms with van der Waals surface area (Å²) in [4.78, 5) is 37.2. The Bertz CT molecular complexity index is 751. The van der Waals surface area contributed by atoms with Gasteiger partial charge in [-0.15, -0.1) is 6.42 Å². The molecule has 0 saturated carbocycles. The molecule has 158 valence electrons. The van der Waals surface area contributed by atoms with E-state index in [1.807, 2.05) is 27.7 Å². The second-order valence-electron chi connectivity index (χ2n) is 6.93. The fraction of sp³-hybridized carbons (Fsp3) is 0.500. The molecule has 6 nitrogen and oxygen atoms in total. The van der Waals surface area contributed by atoms with Crippen LogP contribution in [0.1, 0.15) is 57.3 Å². The lowest BCUT2D eigenvalue weighted by Crippen LogP contribution is -2.49. The van der Waals surface area contributed by atoms with E-state index in [4.69, 9.17) is 22.8 Å². The Kier molecular flexibility index (Phi) is 9.70. The summed E-state index contributed by atoms with van der Waals surface area (Å²) in [6, 6.07) is 5.44.